The third-order valence-electron chi connectivity index (χ3n) is 1.85. The number of hydrogen-bond donors (Lipinski definition) is 0. The zero-order chi connectivity index (χ0) is 6.97. The predicted molar refractivity (Wildman–Crippen MR) is 43.6 cm³/mol. The van der Waals surface area contributed by atoms with E-state index in [4.69, 9.17) is 4.74 Å². The molecule has 1 aliphatic carbocycles. The molecule has 0 aromatic rings. The van der Waals surface area contributed by atoms with Gasteiger partial charge in [-0.2, -0.15) is 0 Å². The molecule has 1 nitrogen and oxygen atoms in total. The van der Waals surface area contributed by atoms with Gasteiger partial charge in [-0.05, 0) is 19.4 Å². The maximum absolute atomic E-state index is 5.40. The van der Waals surface area contributed by atoms with Crippen molar-refractivity contribution in [3.8, 4) is 0 Å². The Morgan fingerprint density at radius 2 is 2.40 bits per heavy atom. The maximum Gasteiger partial charge on any atom is 0.138 e. The van der Waals surface area contributed by atoms with Gasteiger partial charge in [-0.25, -0.2) is 0 Å². The van der Waals surface area contributed by atoms with Crippen molar-refractivity contribution < 1.29 is 4.74 Å². The molecule has 1 aliphatic heterocycles. The first-order valence-corrected chi connectivity index (χ1v) is 4.51. The van der Waals surface area contributed by atoms with Gasteiger partial charge in [0.15, 0.2) is 0 Å². The lowest BCUT2D eigenvalue weighted by atomic mass is 10.1. The third kappa shape index (κ3) is 0.966. The number of hydrogen-bond acceptors (Lipinski definition) is 2. The van der Waals surface area contributed by atoms with Gasteiger partial charge >= 0.3 is 0 Å². The zero-order valence-corrected chi connectivity index (χ0v) is 6.83. The molecule has 2 rings (SSSR count). The van der Waals surface area contributed by atoms with E-state index >= 15 is 0 Å². The monoisotopic (exact) mass is 154 g/mol. The highest BCUT2D eigenvalue weighted by Gasteiger charge is 2.18. The fourth-order valence-corrected chi connectivity index (χ4v) is 2.17. The minimum atomic E-state index is 0.828. The van der Waals surface area contributed by atoms with Gasteiger partial charge in [-0.15, -0.1) is 0 Å². The molecule has 1 heterocycles. The van der Waals surface area contributed by atoms with Gasteiger partial charge in [0, 0.05) is 11.3 Å². The highest BCUT2D eigenvalue weighted by Crippen LogP contribution is 2.37. The van der Waals surface area contributed by atoms with E-state index in [1.165, 1.54) is 22.7 Å². The first-order valence-electron chi connectivity index (χ1n) is 3.52. The summed E-state index contributed by atoms with van der Waals surface area (Å²) in [4.78, 5) is 1.36. The lowest BCUT2D eigenvalue weighted by molar-refractivity contribution is 0.266. The van der Waals surface area contributed by atoms with E-state index in [1.54, 1.807) is 0 Å². The molecule has 0 amide bonds. The fourth-order valence-electron chi connectivity index (χ4n) is 1.24. The van der Waals surface area contributed by atoms with Crippen LogP contribution in [0.5, 0.6) is 0 Å². The van der Waals surface area contributed by atoms with Crippen molar-refractivity contribution in [3.05, 3.63) is 22.3 Å². The molecule has 0 bridgehead atoms. The van der Waals surface area contributed by atoms with Crippen LogP contribution in [0.4, 0.5) is 0 Å². The predicted octanol–water partition coefficient (Wildman–Crippen LogP) is 2.66. The highest BCUT2D eigenvalue weighted by molar-refractivity contribution is 8.03. The van der Waals surface area contributed by atoms with Crippen LogP contribution in [-0.2, 0) is 4.74 Å². The summed E-state index contributed by atoms with van der Waals surface area (Å²) in [5, 5.41) is 0. The molecule has 10 heavy (non-hydrogen) atoms. The van der Waals surface area contributed by atoms with Gasteiger partial charge < -0.3 is 4.74 Å². The fraction of sp³-hybridized carbons (Fsp3) is 0.500. The average molecular weight is 154 g/mol. The number of thioether (sulfide) groups is 1. The number of ether oxygens (including phenoxy) is 1. The number of allylic oxidation sites excluding steroid dienone is 3. The average Bonchev–Trinajstić information content (AvgIpc) is 2.33. The molecular formula is C8H10OS. The molecule has 0 aromatic carbocycles. The number of rotatable bonds is 0. The quantitative estimate of drug-likeness (QED) is 0.530. The Labute approximate surface area is 65.1 Å². The normalized spacial score (nSPS) is 23.9. The SMILES string of the molecule is CC1=CC2=C(CC1)OCS2. The maximum atomic E-state index is 5.40. The molecule has 0 saturated heterocycles. The lowest BCUT2D eigenvalue weighted by Crippen LogP contribution is -1.92. The Hall–Kier alpha value is -0.370. The molecule has 0 unspecified atom stereocenters. The van der Waals surface area contributed by atoms with Crippen molar-refractivity contribution in [1.29, 1.82) is 0 Å². The molecule has 0 spiro atoms. The van der Waals surface area contributed by atoms with Gasteiger partial charge in [0.25, 0.3) is 0 Å². The Balaban J connectivity index is 2.29. The van der Waals surface area contributed by atoms with Crippen LogP contribution in [0.1, 0.15) is 19.8 Å². The van der Waals surface area contributed by atoms with Gasteiger partial charge in [0.1, 0.15) is 11.7 Å². The summed E-state index contributed by atoms with van der Waals surface area (Å²) in [6.07, 6.45) is 4.54. The second-order valence-electron chi connectivity index (χ2n) is 2.68. The van der Waals surface area contributed by atoms with Crippen LogP contribution in [0.2, 0.25) is 0 Å². The summed E-state index contributed by atoms with van der Waals surface area (Å²) in [6.45, 7) is 2.18. The van der Waals surface area contributed by atoms with Gasteiger partial charge in [0.05, 0.1) is 0 Å². The smallest absolute Gasteiger partial charge is 0.138 e. The van der Waals surface area contributed by atoms with E-state index in [1.807, 2.05) is 11.8 Å². The van der Waals surface area contributed by atoms with Crippen molar-refractivity contribution in [2.45, 2.75) is 19.8 Å². The molecule has 0 atom stereocenters. The minimum absolute atomic E-state index is 0.828. The van der Waals surface area contributed by atoms with Crippen LogP contribution in [0, 0.1) is 0 Å². The summed E-state index contributed by atoms with van der Waals surface area (Å²) >= 11 is 1.81. The minimum Gasteiger partial charge on any atom is -0.486 e. The van der Waals surface area contributed by atoms with Crippen molar-refractivity contribution in [2.24, 2.45) is 0 Å². The van der Waals surface area contributed by atoms with Crippen molar-refractivity contribution in [1.82, 2.24) is 0 Å². The second-order valence-corrected chi connectivity index (χ2v) is 3.65. The van der Waals surface area contributed by atoms with E-state index in [0.29, 0.717) is 0 Å². The van der Waals surface area contributed by atoms with Crippen LogP contribution in [-0.4, -0.2) is 5.94 Å². The van der Waals surface area contributed by atoms with E-state index < -0.39 is 0 Å². The molecule has 0 radical (unpaired) electrons. The molecule has 0 N–H and O–H groups in total. The standard InChI is InChI=1S/C8H10OS/c1-6-2-3-7-8(4-6)10-5-9-7/h4H,2-3,5H2,1H3. The topological polar surface area (TPSA) is 9.23 Å². The first kappa shape index (κ1) is 6.35. The van der Waals surface area contributed by atoms with Gasteiger partial charge in [-0.3, -0.25) is 0 Å². The molecule has 54 valence electrons. The van der Waals surface area contributed by atoms with Crippen LogP contribution in [0.15, 0.2) is 22.3 Å². The van der Waals surface area contributed by atoms with Crippen molar-refractivity contribution in [3.63, 3.8) is 0 Å². The molecule has 2 aliphatic rings. The largest absolute Gasteiger partial charge is 0.486 e. The zero-order valence-electron chi connectivity index (χ0n) is 6.02. The molecule has 0 aromatic heterocycles. The Morgan fingerprint density at radius 3 is 3.30 bits per heavy atom. The van der Waals surface area contributed by atoms with Crippen LogP contribution in [0.25, 0.3) is 0 Å². The van der Waals surface area contributed by atoms with Crippen LogP contribution < -0.4 is 0 Å². The van der Waals surface area contributed by atoms with Crippen LogP contribution >= 0.6 is 11.8 Å². The highest BCUT2D eigenvalue weighted by atomic mass is 32.2. The molecule has 0 fully saturated rings. The van der Waals surface area contributed by atoms with E-state index in [-0.39, 0.29) is 0 Å². The summed E-state index contributed by atoms with van der Waals surface area (Å²) in [5.74, 6) is 2.05. The van der Waals surface area contributed by atoms with Gasteiger partial charge in [0.2, 0.25) is 0 Å². The summed E-state index contributed by atoms with van der Waals surface area (Å²) in [5.41, 5.74) is 1.48. The lowest BCUT2D eigenvalue weighted by Gasteiger charge is -2.09. The molecule has 2 heteroatoms. The molecular weight excluding hydrogens is 144 g/mol. The first-order chi connectivity index (χ1) is 4.86. The Bertz CT molecular complexity index is 215. The van der Waals surface area contributed by atoms with E-state index in [0.717, 1.165) is 12.4 Å². The van der Waals surface area contributed by atoms with E-state index in [9.17, 15) is 0 Å². The Kier molecular flexibility index (Phi) is 1.49. The summed E-state index contributed by atoms with van der Waals surface area (Å²) < 4.78 is 5.40. The van der Waals surface area contributed by atoms with Crippen molar-refractivity contribution in [2.75, 3.05) is 5.94 Å². The summed E-state index contributed by atoms with van der Waals surface area (Å²) in [6, 6.07) is 0. The summed E-state index contributed by atoms with van der Waals surface area (Å²) in [7, 11) is 0. The van der Waals surface area contributed by atoms with E-state index in [2.05, 4.69) is 13.0 Å². The third-order valence-corrected chi connectivity index (χ3v) is 2.74. The van der Waals surface area contributed by atoms with Crippen LogP contribution in [0.3, 0.4) is 0 Å². The Morgan fingerprint density at radius 1 is 1.50 bits per heavy atom. The van der Waals surface area contributed by atoms with Crippen molar-refractivity contribution >= 4 is 11.8 Å². The second kappa shape index (κ2) is 2.35. The van der Waals surface area contributed by atoms with Gasteiger partial charge in [-0.1, -0.05) is 17.3 Å². The molecule has 0 saturated carbocycles.